The summed E-state index contributed by atoms with van der Waals surface area (Å²) in [5.74, 6) is 0.853. The molecule has 2 aromatic carbocycles. The number of carbonyl (C=O) groups excluding carboxylic acids is 2. The summed E-state index contributed by atoms with van der Waals surface area (Å²) in [5.41, 5.74) is 1.94. The Bertz CT molecular complexity index is 759. The molecule has 0 fully saturated rings. The van der Waals surface area contributed by atoms with Crippen molar-refractivity contribution in [3.8, 4) is 11.5 Å². The van der Waals surface area contributed by atoms with Crippen LogP contribution >= 0.6 is 0 Å². The molecule has 0 spiro atoms. The number of hydrogen-bond donors (Lipinski definition) is 2. The van der Waals surface area contributed by atoms with Gasteiger partial charge in [0.2, 0.25) is 5.91 Å². The molecule has 0 aliphatic heterocycles. The van der Waals surface area contributed by atoms with E-state index in [4.69, 9.17) is 9.47 Å². The zero-order valence-electron chi connectivity index (χ0n) is 14.6. The van der Waals surface area contributed by atoms with Crippen LogP contribution in [0.4, 0.5) is 5.69 Å². The number of ether oxygens (including phenoxy) is 2. The van der Waals surface area contributed by atoms with Gasteiger partial charge in [-0.15, -0.1) is 0 Å². The van der Waals surface area contributed by atoms with E-state index in [2.05, 4.69) is 10.6 Å². The van der Waals surface area contributed by atoms with Gasteiger partial charge in [-0.3, -0.25) is 9.59 Å². The normalized spacial score (nSPS) is 10.0. The smallest absolute Gasteiger partial charge is 0.251 e. The lowest BCUT2D eigenvalue weighted by Crippen LogP contribution is -2.26. The van der Waals surface area contributed by atoms with Crippen molar-refractivity contribution in [1.82, 2.24) is 5.32 Å². The maximum atomic E-state index is 12.3. The van der Waals surface area contributed by atoms with Crippen LogP contribution in [0.5, 0.6) is 11.5 Å². The number of amides is 2. The van der Waals surface area contributed by atoms with E-state index in [1.165, 1.54) is 14.0 Å². The van der Waals surface area contributed by atoms with Gasteiger partial charge in [-0.05, 0) is 36.2 Å². The molecule has 2 aromatic rings. The molecule has 0 unspecified atom stereocenters. The molecule has 2 N–H and O–H groups in total. The van der Waals surface area contributed by atoms with Crippen molar-refractivity contribution < 1.29 is 19.1 Å². The lowest BCUT2D eigenvalue weighted by Gasteiger charge is -2.12. The first-order chi connectivity index (χ1) is 12.0. The van der Waals surface area contributed by atoms with Crippen LogP contribution in [0.1, 0.15) is 22.8 Å². The number of benzene rings is 2. The quantitative estimate of drug-likeness (QED) is 0.811. The molecule has 2 amide bonds. The molecule has 0 saturated heterocycles. The van der Waals surface area contributed by atoms with Crippen LogP contribution < -0.4 is 20.1 Å². The van der Waals surface area contributed by atoms with Crippen LogP contribution in [-0.4, -0.2) is 32.6 Å². The highest BCUT2D eigenvalue weighted by atomic mass is 16.5. The van der Waals surface area contributed by atoms with Crippen molar-refractivity contribution in [3.05, 3.63) is 53.6 Å². The Morgan fingerprint density at radius 2 is 1.72 bits per heavy atom. The Hall–Kier alpha value is -3.02. The predicted octanol–water partition coefficient (Wildman–Crippen LogP) is 2.63. The predicted molar refractivity (Wildman–Crippen MR) is 96.3 cm³/mol. The van der Waals surface area contributed by atoms with E-state index in [0.717, 1.165) is 11.3 Å². The first-order valence-corrected chi connectivity index (χ1v) is 7.91. The second kappa shape index (κ2) is 8.73. The highest BCUT2D eigenvalue weighted by molar-refractivity contribution is 5.97. The fourth-order valence-corrected chi connectivity index (χ4v) is 2.46. The highest BCUT2D eigenvalue weighted by Crippen LogP contribution is 2.25. The summed E-state index contributed by atoms with van der Waals surface area (Å²) < 4.78 is 10.5. The summed E-state index contributed by atoms with van der Waals surface area (Å²) in [6.45, 7) is 1.88. The van der Waals surface area contributed by atoms with Crippen molar-refractivity contribution in [2.75, 3.05) is 26.1 Å². The third-order valence-electron chi connectivity index (χ3n) is 3.64. The number of rotatable bonds is 7. The Balaban J connectivity index is 2.02. The van der Waals surface area contributed by atoms with E-state index in [1.54, 1.807) is 25.3 Å². The van der Waals surface area contributed by atoms with E-state index in [0.29, 0.717) is 30.0 Å². The lowest BCUT2D eigenvalue weighted by atomic mass is 10.1. The van der Waals surface area contributed by atoms with Crippen molar-refractivity contribution in [3.63, 3.8) is 0 Å². The van der Waals surface area contributed by atoms with Gasteiger partial charge in [0, 0.05) is 19.0 Å². The molecule has 6 heteroatoms. The fraction of sp³-hybridized carbons (Fsp3) is 0.263. The van der Waals surface area contributed by atoms with Gasteiger partial charge in [0.05, 0.1) is 19.9 Å². The Kier molecular flexibility index (Phi) is 6.39. The monoisotopic (exact) mass is 342 g/mol. The van der Waals surface area contributed by atoms with Crippen molar-refractivity contribution in [1.29, 1.82) is 0 Å². The number of para-hydroxylation sites is 1. The van der Waals surface area contributed by atoms with E-state index >= 15 is 0 Å². The van der Waals surface area contributed by atoms with Crippen LogP contribution in [0.15, 0.2) is 42.5 Å². The number of anilines is 1. The molecule has 0 aliphatic rings. The maximum absolute atomic E-state index is 12.3. The molecule has 2 rings (SSSR count). The van der Waals surface area contributed by atoms with Gasteiger partial charge >= 0.3 is 0 Å². The van der Waals surface area contributed by atoms with E-state index < -0.39 is 0 Å². The third-order valence-corrected chi connectivity index (χ3v) is 3.64. The van der Waals surface area contributed by atoms with Gasteiger partial charge in [-0.2, -0.15) is 0 Å². The first-order valence-electron chi connectivity index (χ1n) is 7.91. The van der Waals surface area contributed by atoms with Gasteiger partial charge in [0.15, 0.2) is 0 Å². The number of hydrogen-bond acceptors (Lipinski definition) is 4. The third kappa shape index (κ3) is 4.97. The van der Waals surface area contributed by atoms with Crippen molar-refractivity contribution >= 4 is 17.5 Å². The standard InChI is InChI=1S/C19H22N2O4/c1-13(22)21-16-12-15(8-9-18(16)25-3)19(23)20-11-10-14-6-4-5-7-17(14)24-2/h4-9,12H,10-11H2,1-3H3,(H,20,23)(H,21,22). The van der Waals surface area contributed by atoms with Gasteiger partial charge in [0.1, 0.15) is 11.5 Å². The number of carbonyl (C=O) groups is 2. The van der Waals surface area contributed by atoms with Crippen LogP contribution in [0, 0.1) is 0 Å². The average molecular weight is 342 g/mol. The molecule has 25 heavy (non-hydrogen) atoms. The molecule has 0 atom stereocenters. The van der Waals surface area contributed by atoms with E-state index in [9.17, 15) is 9.59 Å². The van der Waals surface area contributed by atoms with Gasteiger partial charge in [0.25, 0.3) is 5.91 Å². The van der Waals surface area contributed by atoms with Crippen LogP contribution in [0.25, 0.3) is 0 Å². The average Bonchev–Trinajstić information content (AvgIpc) is 2.61. The summed E-state index contributed by atoms with van der Waals surface area (Å²) >= 11 is 0. The molecule has 0 saturated carbocycles. The Morgan fingerprint density at radius 1 is 1.00 bits per heavy atom. The number of methoxy groups -OCH3 is 2. The summed E-state index contributed by atoms with van der Waals surface area (Å²) in [6, 6.07) is 12.6. The molecule has 0 radical (unpaired) electrons. The zero-order valence-corrected chi connectivity index (χ0v) is 14.6. The van der Waals surface area contributed by atoms with Crippen molar-refractivity contribution in [2.24, 2.45) is 0 Å². The first kappa shape index (κ1) is 18.3. The molecular formula is C19H22N2O4. The summed E-state index contributed by atoms with van der Waals surface area (Å²) in [5, 5.41) is 5.52. The molecule has 0 aliphatic carbocycles. The number of nitrogens with one attached hydrogen (secondary N) is 2. The van der Waals surface area contributed by atoms with E-state index in [1.807, 2.05) is 24.3 Å². The zero-order chi connectivity index (χ0) is 18.2. The van der Waals surface area contributed by atoms with Gasteiger partial charge in [-0.1, -0.05) is 18.2 Å². The second-order valence-corrected chi connectivity index (χ2v) is 5.41. The molecule has 0 heterocycles. The van der Waals surface area contributed by atoms with E-state index in [-0.39, 0.29) is 11.8 Å². The lowest BCUT2D eigenvalue weighted by molar-refractivity contribution is -0.114. The Morgan fingerprint density at radius 3 is 2.40 bits per heavy atom. The summed E-state index contributed by atoms with van der Waals surface area (Å²) in [4.78, 5) is 23.6. The van der Waals surface area contributed by atoms with Crippen LogP contribution in [0.3, 0.4) is 0 Å². The molecule has 132 valence electrons. The minimum Gasteiger partial charge on any atom is -0.496 e. The fourth-order valence-electron chi connectivity index (χ4n) is 2.46. The Labute approximate surface area is 147 Å². The summed E-state index contributed by atoms with van der Waals surface area (Å²) in [7, 11) is 3.13. The molecule has 0 bridgehead atoms. The topological polar surface area (TPSA) is 76.7 Å². The summed E-state index contributed by atoms with van der Waals surface area (Å²) in [6.07, 6.45) is 0.657. The van der Waals surface area contributed by atoms with Crippen LogP contribution in [0.2, 0.25) is 0 Å². The second-order valence-electron chi connectivity index (χ2n) is 5.41. The van der Waals surface area contributed by atoms with Gasteiger partial charge in [-0.25, -0.2) is 0 Å². The maximum Gasteiger partial charge on any atom is 0.251 e. The van der Waals surface area contributed by atoms with Crippen LogP contribution in [-0.2, 0) is 11.2 Å². The highest BCUT2D eigenvalue weighted by Gasteiger charge is 2.11. The van der Waals surface area contributed by atoms with Crippen molar-refractivity contribution in [2.45, 2.75) is 13.3 Å². The SMILES string of the molecule is COc1ccccc1CCNC(=O)c1ccc(OC)c(NC(C)=O)c1. The molecule has 0 aromatic heterocycles. The largest absolute Gasteiger partial charge is 0.496 e. The minimum absolute atomic E-state index is 0.218. The minimum atomic E-state index is -0.230. The van der Waals surface area contributed by atoms with Gasteiger partial charge < -0.3 is 20.1 Å². The molecule has 6 nitrogen and oxygen atoms in total. The molecular weight excluding hydrogens is 320 g/mol.